The van der Waals surface area contributed by atoms with Gasteiger partial charge >= 0.3 is 6.03 Å². The Balaban J connectivity index is 1.60. The van der Waals surface area contributed by atoms with Crippen molar-refractivity contribution in [2.75, 3.05) is 13.7 Å². The van der Waals surface area contributed by atoms with Gasteiger partial charge in [0.25, 0.3) is 0 Å². The van der Waals surface area contributed by atoms with Gasteiger partial charge in [-0.25, -0.2) is 4.79 Å². The molecule has 0 bridgehead atoms. The van der Waals surface area contributed by atoms with Crippen molar-refractivity contribution in [2.24, 2.45) is 16.3 Å². The summed E-state index contributed by atoms with van der Waals surface area (Å²) in [5.41, 5.74) is 3.78. The van der Waals surface area contributed by atoms with E-state index in [1.54, 1.807) is 16.9 Å². The summed E-state index contributed by atoms with van der Waals surface area (Å²) < 4.78 is 11.7. The van der Waals surface area contributed by atoms with Crippen LogP contribution in [0.1, 0.15) is 51.8 Å². The van der Waals surface area contributed by atoms with E-state index in [1.807, 2.05) is 56.3 Å². The molecule has 3 heterocycles. The molecule has 2 aromatic carbocycles. The summed E-state index contributed by atoms with van der Waals surface area (Å²) in [6.45, 7) is 10.1. The summed E-state index contributed by atoms with van der Waals surface area (Å²) in [7, 11) is 1.61. The second-order valence-electron chi connectivity index (χ2n) is 11.4. The summed E-state index contributed by atoms with van der Waals surface area (Å²) >= 11 is 6.26. The fourth-order valence-corrected chi connectivity index (χ4v) is 6.68. The van der Waals surface area contributed by atoms with E-state index in [0.29, 0.717) is 27.9 Å². The first kappa shape index (κ1) is 26.4. The number of fused-ring (bicyclic) bond motifs is 2. The highest BCUT2D eigenvalue weighted by Gasteiger charge is 2.61. The minimum atomic E-state index is -0.630. The highest BCUT2D eigenvalue weighted by atomic mass is 35.5. The number of methoxy groups -OCH3 is 1. The topological polar surface area (TPSA) is 83.5 Å². The normalized spacial score (nSPS) is 27.2. The smallest absolute Gasteiger partial charge is 0.330 e. The second kappa shape index (κ2) is 9.41. The number of urea groups is 1. The van der Waals surface area contributed by atoms with Gasteiger partial charge in [0, 0.05) is 22.7 Å². The SMILES string of the molecule is COc1ccc(C2=N[C@@H](c3ccc(Cl)cc3)[C@@H]3N2C(=O)N2CC(=O)NC4=C2C3(C)C=C(C)C4C)c(OC(C)C)c1. The summed E-state index contributed by atoms with van der Waals surface area (Å²) in [4.78, 5) is 36.0. The number of hydrogen-bond acceptors (Lipinski definition) is 5. The molecule has 208 valence electrons. The fraction of sp³-hybridized carbons (Fsp3) is 0.387. The Morgan fingerprint density at radius 2 is 1.88 bits per heavy atom. The number of hydrogen-bond donors (Lipinski definition) is 1. The lowest BCUT2D eigenvalue weighted by Gasteiger charge is -2.55. The average Bonchev–Trinajstić information content (AvgIpc) is 3.32. The first-order valence-corrected chi connectivity index (χ1v) is 13.9. The van der Waals surface area contributed by atoms with Crippen LogP contribution < -0.4 is 14.8 Å². The van der Waals surface area contributed by atoms with Crippen molar-refractivity contribution in [3.05, 3.63) is 81.7 Å². The summed E-state index contributed by atoms with van der Waals surface area (Å²) in [5, 5.41) is 3.73. The van der Waals surface area contributed by atoms with Gasteiger partial charge in [0.15, 0.2) is 0 Å². The molecule has 0 saturated carbocycles. The number of aliphatic imine (C=N–C) groups is 1. The molecule has 9 heteroatoms. The highest BCUT2D eigenvalue weighted by Crippen LogP contribution is 2.56. The maximum Gasteiger partial charge on any atom is 0.330 e. The molecule has 3 amide bonds. The quantitative estimate of drug-likeness (QED) is 0.476. The van der Waals surface area contributed by atoms with Crippen LogP contribution in [0.3, 0.4) is 0 Å². The van der Waals surface area contributed by atoms with Crippen molar-refractivity contribution in [1.29, 1.82) is 0 Å². The molecular weight excluding hydrogens is 528 g/mol. The summed E-state index contributed by atoms with van der Waals surface area (Å²) in [5.74, 6) is 1.50. The fourth-order valence-electron chi connectivity index (χ4n) is 6.55. The molecule has 1 saturated heterocycles. The molecule has 0 radical (unpaired) electrons. The van der Waals surface area contributed by atoms with Gasteiger partial charge in [0.2, 0.25) is 5.91 Å². The Morgan fingerprint density at radius 1 is 1.15 bits per heavy atom. The van der Waals surface area contributed by atoms with Crippen molar-refractivity contribution >= 4 is 29.4 Å². The molecule has 2 unspecified atom stereocenters. The van der Waals surface area contributed by atoms with Gasteiger partial charge in [0.05, 0.1) is 42.0 Å². The standard InChI is InChI=1S/C31H33ClN4O4/c1-16(2)40-23-13-21(39-6)11-12-22(23)29-34-26(19-7-9-20(32)10-8-19)28-31(5)14-17(3)18(4)25-27(31)35(15-24(37)33-25)30(38)36(28)29/h7-14,16,18,26,28H,15H2,1-6H3,(H,33,37)/t18?,26-,28-,31?/m0/s1. The molecule has 40 heavy (non-hydrogen) atoms. The highest BCUT2D eigenvalue weighted by molar-refractivity contribution is 6.30. The van der Waals surface area contributed by atoms with Crippen molar-refractivity contribution in [1.82, 2.24) is 15.1 Å². The lowest BCUT2D eigenvalue weighted by atomic mass is 9.66. The van der Waals surface area contributed by atoms with Gasteiger partial charge in [-0.1, -0.05) is 42.3 Å². The van der Waals surface area contributed by atoms with Crippen LogP contribution in [-0.2, 0) is 4.79 Å². The third kappa shape index (κ3) is 3.91. The van der Waals surface area contributed by atoms with E-state index in [9.17, 15) is 9.59 Å². The Bertz CT molecular complexity index is 1510. The van der Waals surface area contributed by atoms with E-state index in [0.717, 1.165) is 22.5 Å². The lowest BCUT2D eigenvalue weighted by Crippen LogP contribution is -2.66. The van der Waals surface area contributed by atoms with Crippen molar-refractivity contribution in [3.63, 3.8) is 0 Å². The van der Waals surface area contributed by atoms with Gasteiger partial charge in [0.1, 0.15) is 23.9 Å². The maximum absolute atomic E-state index is 14.5. The number of benzene rings is 2. The van der Waals surface area contributed by atoms with E-state index < -0.39 is 5.41 Å². The number of nitrogens with one attached hydrogen (secondary N) is 1. The van der Waals surface area contributed by atoms with E-state index in [2.05, 4.69) is 32.2 Å². The Labute approximate surface area is 239 Å². The zero-order valence-corrected chi connectivity index (χ0v) is 24.2. The Kier molecular flexibility index (Phi) is 6.22. The molecule has 8 nitrogen and oxygen atoms in total. The van der Waals surface area contributed by atoms with Crippen LogP contribution in [0.15, 0.2) is 70.5 Å². The van der Waals surface area contributed by atoms with Crippen LogP contribution in [-0.4, -0.2) is 53.4 Å². The number of carbonyl (C=O) groups excluding carboxylic acids is 2. The van der Waals surface area contributed by atoms with Gasteiger partial charge < -0.3 is 14.8 Å². The molecule has 1 aliphatic carbocycles. The molecule has 6 rings (SSSR count). The van der Waals surface area contributed by atoms with Crippen LogP contribution in [0.4, 0.5) is 4.79 Å². The molecule has 0 spiro atoms. The number of ether oxygens (including phenoxy) is 2. The summed E-state index contributed by atoms with van der Waals surface area (Å²) in [6.07, 6.45) is 2.14. The van der Waals surface area contributed by atoms with E-state index >= 15 is 0 Å². The third-order valence-corrected chi connectivity index (χ3v) is 8.63. The number of halogens is 1. The monoisotopic (exact) mass is 560 g/mol. The molecule has 4 aliphatic rings. The van der Waals surface area contributed by atoms with Crippen LogP contribution in [0.2, 0.25) is 5.02 Å². The van der Waals surface area contributed by atoms with Crippen LogP contribution in [0.25, 0.3) is 0 Å². The van der Waals surface area contributed by atoms with Crippen molar-refractivity contribution in [2.45, 2.75) is 52.8 Å². The molecule has 3 aliphatic heterocycles. The first-order valence-electron chi connectivity index (χ1n) is 13.6. The predicted octanol–water partition coefficient (Wildman–Crippen LogP) is 5.69. The number of nitrogens with zero attached hydrogens (tertiary/aromatic N) is 3. The number of carbonyl (C=O) groups is 2. The zero-order chi connectivity index (χ0) is 28.5. The molecular formula is C31H33ClN4O4. The largest absolute Gasteiger partial charge is 0.497 e. The Morgan fingerprint density at radius 3 is 2.55 bits per heavy atom. The van der Waals surface area contributed by atoms with E-state index in [4.69, 9.17) is 26.1 Å². The summed E-state index contributed by atoms with van der Waals surface area (Å²) in [6, 6.07) is 12.1. The number of allylic oxidation sites excluding steroid dienone is 1. The molecule has 0 aromatic heterocycles. The van der Waals surface area contributed by atoms with Crippen LogP contribution in [0, 0.1) is 11.3 Å². The number of amides is 3. The molecule has 2 aromatic rings. The predicted molar refractivity (Wildman–Crippen MR) is 153 cm³/mol. The number of rotatable bonds is 5. The zero-order valence-electron chi connectivity index (χ0n) is 23.5. The maximum atomic E-state index is 14.5. The average molecular weight is 561 g/mol. The van der Waals surface area contributed by atoms with Gasteiger partial charge in [-0.3, -0.25) is 19.6 Å². The molecule has 4 atom stereocenters. The second-order valence-corrected chi connectivity index (χ2v) is 11.8. The van der Waals surface area contributed by atoms with Crippen LogP contribution >= 0.6 is 11.6 Å². The van der Waals surface area contributed by atoms with E-state index in [1.165, 1.54) is 0 Å². The Hall–Kier alpha value is -3.78. The first-order chi connectivity index (χ1) is 19.0. The van der Waals surface area contributed by atoms with E-state index in [-0.39, 0.29) is 42.6 Å². The minimum Gasteiger partial charge on any atom is -0.497 e. The van der Waals surface area contributed by atoms with Gasteiger partial charge in [-0.2, -0.15) is 0 Å². The minimum absolute atomic E-state index is 0.0161. The van der Waals surface area contributed by atoms with Gasteiger partial charge in [-0.05, 0) is 57.5 Å². The molecule has 1 N–H and O–H groups in total. The molecule has 1 fully saturated rings. The third-order valence-electron chi connectivity index (χ3n) is 8.38. The lowest BCUT2D eigenvalue weighted by molar-refractivity contribution is -0.122. The van der Waals surface area contributed by atoms with Gasteiger partial charge in [-0.15, -0.1) is 0 Å². The number of amidine groups is 1. The van der Waals surface area contributed by atoms with Crippen molar-refractivity contribution < 1.29 is 19.1 Å². The van der Waals surface area contributed by atoms with Crippen LogP contribution in [0.5, 0.6) is 11.5 Å². The van der Waals surface area contributed by atoms with Crippen molar-refractivity contribution in [3.8, 4) is 11.5 Å².